The maximum atomic E-state index is 10.4. The fourth-order valence-electron chi connectivity index (χ4n) is 1.35. The molecule has 1 aliphatic rings. The molecular weight excluding hydrogens is 248 g/mol. The van der Waals surface area contributed by atoms with Gasteiger partial charge in [0.2, 0.25) is 5.89 Å². The third-order valence-electron chi connectivity index (χ3n) is 2.14. The lowest BCUT2D eigenvalue weighted by atomic mass is 10.3. The van der Waals surface area contributed by atoms with Crippen molar-refractivity contribution in [1.29, 1.82) is 0 Å². The van der Waals surface area contributed by atoms with Gasteiger partial charge in [-0.15, -0.1) is 11.8 Å². The van der Waals surface area contributed by atoms with Crippen molar-refractivity contribution in [2.24, 2.45) is 0 Å². The summed E-state index contributed by atoms with van der Waals surface area (Å²) in [7, 11) is 0. The molecule has 0 aromatic carbocycles. The second kappa shape index (κ2) is 5.58. The van der Waals surface area contributed by atoms with Crippen LogP contribution in [0.15, 0.2) is 4.52 Å². The van der Waals surface area contributed by atoms with Gasteiger partial charge in [-0.25, -0.2) is 0 Å². The number of carboxylic acid groups (broad SMARTS) is 1. The molecule has 0 saturated carbocycles. The van der Waals surface area contributed by atoms with E-state index >= 15 is 0 Å². The number of aromatic nitrogens is 2. The van der Waals surface area contributed by atoms with Gasteiger partial charge >= 0.3 is 5.97 Å². The van der Waals surface area contributed by atoms with E-state index in [0.29, 0.717) is 23.4 Å². The summed E-state index contributed by atoms with van der Waals surface area (Å²) in [6.07, 6.45) is 0.348. The molecule has 2 heterocycles. The molecule has 1 aromatic heterocycles. The van der Waals surface area contributed by atoms with Crippen molar-refractivity contribution in [2.45, 2.75) is 18.1 Å². The van der Waals surface area contributed by atoms with Gasteiger partial charge in [-0.05, 0) is 0 Å². The Morgan fingerprint density at radius 1 is 1.56 bits per heavy atom. The number of carboxylic acids is 1. The number of carbonyl (C=O) groups is 1. The third-order valence-corrected chi connectivity index (χ3v) is 4.89. The highest BCUT2D eigenvalue weighted by Gasteiger charge is 2.21. The number of hydrogen-bond donors (Lipinski definition) is 1. The van der Waals surface area contributed by atoms with Crippen molar-refractivity contribution in [1.82, 2.24) is 10.1 Å². The molecule has 0 bridgehead atoms. The first-order valence-corrected chi connectivity index (χ1v) is 7.19. The molecule has 0 aliphatic carbocycles. The van der Waals surface area contributed by atoms with Gasteiger partial charge < -0.3 is 9.63 Å². The molecule has 1 aromatic rings. The van der Waals surface area contributed by atoms with Gasteiger partial charge in [0, 0.05) is 23.7 Å². The molecule has 1 N–H and O–H groups in total. The molecule has 7 heteroatoms. The van der Waals surface area contributed by atoms with Crippen LogP contribution in [0.5, 0.6) is 0 Å². The van der Waals surface area contributed by atoms with Crippen LogP contribution in [0.3, 0.4) is 0 Å². The van der Waals surface area contributed by atoms with E-state index in [1.165, 1.54) is 5.75 Å². The van der Waals surface area contributed by atoms with Crippen LogP contribution >= 0.6 is 23.5 Å². The Balaban J connectivity index is 1.93. The normalized spacial score (nSPS) is 20.9. The minimum absolute atomic E-state index is 0.0359. The smallest absolute Gasteiger partial charge is 0.303 e. The maximum Gasteiger partial charge on any atom is 0.303 e. The molecule has 1 fully saturated rings. The standard InChI is InChI=1S/C9H12N2O3S2/c12-8(13)2-1-7-10-9(11-14-7)6-5-15-3-4-16-6/h6H,1-5H2,(H,12,13). The molecule has 0 spiro atoms. The molecule has 16 heavy (non-hydrogen) atoms. The van der Waals surface area contributed by atoms with Crippen LogP contribution < -0.4 is 0 Å². The molecule has 1 unspecified atom stereocenters. The largest absolute Gasteiger partial charge is 0.481 e. The highest BCUT2D eigenvalue weighted by Crippen LogP contribution is 2.35. The zero-order valence-electron chi connectivity index (χ0n) is 8.59. The SMILES string of the molecule is O=C(O)CCc1nc(C2CSCCS2)no1. The summed E-state index contributed by atoms with van der Waals surface area (Å²) >= 11 is 3.72. The van der Waals surface area contributed by atoms with Crippen LogP contribution in [0, 0.1) is 0 Å². The van der Waals surface area contributed by atoms with Crippen LogP contribution in [0.25, 0.3) is 0 Å². The van der Waals surface area contributed by atoms with Gasteiger partial charge in [0.15, 0.2) is 5.82 Å². The number of aryl methyl sites for hydroxylation is 1. The lowest BCUT2D eigenvalue weighted by Gasteiger charge is -2.16. The summed E-state index contributed by atoms with van der Waals surface area (Å²) in [5.41, 5.74) is 0. The summed E-state index contributed by atoms with van der Waals surface area (Å²) in [6.45, 7) is 0. The van der Waals surface area contributed by atoms with Crippen molar-refractivity contribution >= 4 is 29.5 Å². The maximum absolute atomic E-state index is 10.4. The van der Waals surface area contributed by atoms with Crippen LogP contribution in [-0.4, -0.2) is 38.5 Å². The summed E-state index contributed by atoms with van der Waals surface area (Å²) in [5, 5.41) is 12.7. The average Bonchev–Trinajstić information content (AvgIpc) is 2.76. The molecule has 1 atom stereocenters. The first kappa shape index (κ1) is 11.8. The third kappa shape index (κ3) is 3.15. The van der Waals surface area contributed by atoms with Crippen LogP contribution in [0.2, 0.25) is 0 Å². The number of hydrogen-bond acceptors (Lipinski definition) is 6. The van der Waals surface area contributed by atoms with Gasteiger partial charge in [-0.1, -0.05) is 5.16 Å². The molecule has 1 saturated heterocycles. The molecule has 0 amide bonds. The summed E-state index contributed by atoms with van der Waals surface area (Å²) in [4.78, 5) is 14.6. The van der Waals surface area contributed by atoms with E-state index in [1.807, 2.05) is 23.5 Å². The Hall–Kier alpha value is -0.690. The molecular formula is C9H12N2O3S2. The fraction of sp³-hybridized carbons (Fsp3) is 0.667. The van der Waals surface area contributed by atoms with Crippen LogP contribution in [0.4, 0.5) is 0 Å². The van der Waals surface area contributed by atoms with E-state index < -0.39 is 5.97 Å². The van der Waals surface area contributed by atoms with Gasteiger partial charge in [0.25, 0.3) is 0 Å². The second-order valence-electron chi connectivity index (χ2n) is 3.37. The minimum Gasteiger partial charge on any atom is -0.481 e. The first-order chi connectivity index (χ1) is 7.75. The predicted octanol–water partition coefficient (Wildman–Crippen LogP) is 1.61. The number of thioether (sulfide) groups is 2. The van der Waals surface area contributed by atoms with E-state index in [0.717, 1.165) is 11.5 Å². The van der Waals surface area contributed by atoms with Gasteiger partial charge in [-0.3, -0.25) is 4.79 Å². The predicted molar refractivity (Wildman–Crippen MR) is 62.8 cm³/mol. The topological polar surface area (TPSA) is 76.2 Å². The highest BCUT2D eigenvalue weighted by molar-refractivity contribution is 8.06. The van der Waals surface area contributed by atoms with Crippen molar-refractivity contribution in [3.05, 3.63) is 11.7 Å². The summed E-state index contributed by atoms with van der Waals surface area (Å²) in [6, 6.07) is 0. The lowest BCUT2D eigenvalue weighted by Crippen LogP contribution is -2.08. The Morgan fingerprint density at radius 3 is 3.12 bits per heavy atom. The van der Waals surface area contributed by atoms with E-state index in [-0.39, 0.29) is 6.42 Å². The molecule has 2 rings (SSSR count). The number of rotatable bonds is 4. The number of nitrogens with zero attached hydrogens (tertiary/aromatic N) is 2. The van der Waals surface area contributed by atoms with Crippen molar-refractivity contribution in [2.75, 3.05) is 17.3 Å². The van der Waals surface area contributed by atoms with E-state index in [1.54, 1.807) is 0 Å². The van der Waals surface area contributed by atoms with Crippen molar-refractivity contribution in [3.8, 4) is 0 Å². The number of aliphatic carboxylic acids is 1. The Kier molecular flexibility index (Phi) is 4.11. The van der Waals surface area contributed by atoms with E-state index in [4.69, 9.17) is 9.63 Å². The molecule has 0 radical (unpaired) electrons. The molecule has 5 nitrogen and oxygen atoms in total. The average molecular weight is 260 g/mol. The highest BCUT2D eigenvalue weighted by atomic mass is 32.2. The first-order valence-electron chi connectivity index (χ1n) is 4.99. The van der Waals surface area contributed by atoms with E-state index in [9.17, 15) is 4.79 Å². The second-order valence-corrected chi connectivity index (χ2v) is 5.83. The summed E-state index contributed by atoms with van der Waals surface area (Å²) in [5.74, 6) is 3.57. The van der Waals surface area contributed by atoms with Crippen molar-refractivity contribution in [3.63, 3.8) is 0 Å². The zero-order chi connectivity index (χ0) is 11.4. The molecule has 88 valence electrons. The van der Waals surface area contributed by atoms with Gasteiger partial charge in [0.1, 0.15) is 0 Å². The Morgan fingerprint density at radius 2 is 2.44 bits per heavy atom. The van der Waals surface area contributed by atoms with Crippen LogP contribution in [-0.2, 0) is 11.2 Å². The Labute approximate surface area is 101 Å². The summed E-state index contributed by atoms with van der Waals surface area (Å²) < 4.78 is 5.02. The minimum atomic E-state index is -0.845. The van der Waals surface area contributed by atoms with Crippen LogP contribution in [0.1, 0.15) is 23.4 Å². The van der Waals surface area contributed by atoms with Gasteiger partial charge in [0.05, 0.1) is 11.7 Å². The zero-order valence-corrected chi connectivity index (χ0v) is 10.2. The van der Waals surface area contributed by atoms with E-state index in [2.05, 4.69) is 10.1 Å². The lowest BCUT2D eigenvalue weighted by molar-refractivity contribution is -0.137. The quantitative estimate of drug-likeness (QED) is 0.881. The van der Waals surface area contributed by atoms with Gasteiger partial charge in [-0.2, -0.15) is 16.7 Å². The Bertz CT molecular complexity index is 363. The van der Waals surface area contributed by atoms with Crippen molar-refractivity contribution < 1.29 is 14.4 Å². The fourth-order valence-corrected chi connectivity index (χ4v) is 3.94. The molecule has 1 aliphatic heterocycles. The monoisotopic (exact) mass is 260 g/mol.